The van der Waals surface area contributed by atoms with Crippen LogP contribution < -0.4 is 5.73 Å². The standard InChI is InChI=1S/C9H8FNO3/c10-6-4-2-1-3-5(6)7(8(11)12)9(13)14/h1-4,7H,(H2,11,12)(H,13,14). The number of rotatable bonds is 3. The van der Waals surface area contributed by atoms with Gasteiger partial charge in [-0.1, -0.05) is 18.2 Å². The number of amides is 1. The summed E-state index contributed by atoms with van der Waals surface area (Å²) < 4.78 is 13.1. The number of carbonyl (C=O) groups is 2. The molecule has 1 amide bonds. The highest BCUT2D eigenvalue weighted by atomic mass is 19.1. The molecular formula is C9H8FNO3. The highest BCUT2D eigenvalue weighted by molar-refractivity contribution is 6.01. The Hall–Kier alpha value is -1.91. The number of primary amides is 1. The third kappa shape index (κ3) is 1.87. The second-order valence-corrected chi connectivity index (χ2v) is 2.70. The minimum Gasteiger partial charge on any atom is -0.480 e. The number of halogens is 1. The van der Waals surface area contributed by atoms with Crippen molar-refractivity contribution in [3.8, 4) is 0 Å². The van der Waals surface area contributed by atoms with Gasteiger partial charge in [0.25, 0.3) is 0 Å². The van der Waals surface area contributed by atoms with E-state index >= 15 is 0 Å². The molecule has 0 aliphatic rings. The van der Waals surface area contributed by atoms with Crippen molar-refractivity contribution in [2.75, 3.05) is 0 Å². The smallest absolute Gasteiger partial charge is 0.320 e. The Labute approximate surface area is 79.1 Å². The van der Waals surface area contributed by atoms with Gasteiger partial charge in [-0.05, 0) is 6.07 Å². The zero-order chi connectivity index (χ0) is 10.7. The van der Waals surface area contributed by atoms with Crippen LogP contribution in [0, 0.1) is 5.82 Å². The maximum atomic E-state index is 13.1. The molecule has 1 unspecified atom stereocenters. The van der Waals surface area contributed by atoms with Gasteiger partial charge in [0, 0.05) is 5.56 Å². The van der Waals surface area contributed by atoms with Crippen molar-refractivity contribution in [1.29, 1.82) is 0 Å². The predicted octanol–water partition coefficient (Wildman–Crippen LogP) is 0.479. The van der Waals surface area contributed by atoms with Crippen LogP contribution in [0.4, 0.5) is 4.39 Å². The molecule has 0 aliphatic carbocycles. The van der Waals surface area contributed by atoms with Gasteiger partial charge in [-0.25, -0.2) is 4.39 Å². The highest BCUT2D eigenvalue weighted by Gasteiger charge is 2.28. The lowest BCUT2D eigenvalue weighted by molar-refractivity contribution is -0.142. The fourth-order valence-electron chi connectivity index (χ4n) is 1.12. The van der Waals surface area contributed by atoms with Gasteiger partial charge in [-0.2, -0.15) is 0 Å². The van der Waals surface area contributed by atoms with Crippen LogP contribution in [0.3, 0.4) is 0 Å². The van der Waals surface area contributed by atoms with Crippen molar-refractivity contribution >= 4 is 11.9 Å². The van der Waals surface area contributed by atoms with Crippen LogP contribution in [0.15, 0.2) is 24.3 Å². The molecule has 0 aliphatic heterocycles. The average Bonchev–Trinajstić information content (AvgIpc) is 2.07. The second kappa shape index (κ2) is 3.87. The monoisotopic (exact) mass is 197 g/mol. The molecule has 0 radical (unpaired) electrons. The Kier molecular flexibility index (Phi) is 2.81. The van der Waals surface area contributed by atoms with E-state index in [1.165, 1.54) is 18.2 Å². The molecule has 0 aromatic heterocycles. The van der Waals surface area contributed by atoms with Crippen LogP contribution in [-0.4, -0.2) is 17.0 Å². The van der Waals surface area contributed by atoms with Gasteiger partial charge in [-0.3, -0.25) is 9.59 Å². The first kappa shape index (κ1) is 10.2. The molecule has 74 valence electrons. The summed E-state index contributed by atoms with van der Waals surface area (Å²) in [6, 6.07) is 5.14. The van der Waals surface area contributed by atoms with Crippen molar-refractivity contribution in [3.05, 3.63) is 35.6 Å². The van der Waals surface area contributed by atoms with E-state index in [9.17, 15) is 14.0 Å². The lowest BCUT2D eigenvalue weighted by Crippen LogP contribution is -2.28. The molecule has 0 saturated carbocycles. The Balaban J connectivity index is 3.18. The number of nitrogens with two attached hydrogens (primary N) is 1. The number of aliphatic carboxylic acids is 1. The number of benzene rings is 1. The lowest BCUT2D eigenvalue weighted by atomic mass is 9.98. The molecule has 1 rings (SSSR count). The molecule has 0 heterocycles. The molecule has 4 nitrogen and oxygen atoms in total. The number of carboxylic acid groups (broad SMARTS) is 1. The third-order valence-corrected chi connectivity index (χ3v) is 1.75. The van der Waals surface area contributed by atoms with Crippen molar-refractivity contribution in [1.82, 2.24) is 0 Å². The van der Waals surface area contributed by atoms with Crippen LogP contribution in [0.5, 0.6) is 0 Å². The van der Waals surface area contributed by atoms with Crippen molar-refractivity contribution in [2.24, 2.45) is 5.73 Å². The summed E-state index contributed by atoms with van der Waals surface area (Å²) in [7, 11) is 0. The Morgan fingerprint density at radius 2 is 1.93 bits per heavy atom. The fourth-order valence-corrected chi connectivity index (χ4v) is 1.12. The number of hydrogen-bond acceptors (Lipinski definition) is 2. The number of carbonyl (C=O) groups excluding carboxylic acids is 1. The SMILES string of the molecule is NC(=O)C(C(=O)O)c1ccccc1F. The van der Waals surface area contributed by atoms with Crippen LogP contribution in [0.2, 0.25) is 0 Å². The molecular weight excluding hydrogens is 189 g/mol. The molecule has 1 aromatic carbocycles. The van der Waals surface area contributed by atoms with E-state index in [2.05, 4.69) is 0 Å². The first-order valence-electron chi connectivity index (χ1n) is 3.80. The van der Waals surface area contributed by atoms with Crippen molar-refractivity contribution in [3.63, 3.8) is 0 Å². The van der Waals surface area contributed by atoms with Gasteiger partial charge < -0.3 is 10.8 Å². The third-order valence-electron chi connectivity index (χ3n) is 1.75. The van der Waals surface area contributed by atoms with Crippen molar-refractivity contribution < 1.29 is 19.1 Å². The van der Waals surface area contributed by atoms with E-state index < -0.39 is 23.6 Å². The molecule has 5 heteroatoms. The number of hydrogen-bond donors (Lipinski definition) is 2. The maximum absolute atomic E-state index is 13.1. The fraction of sp³-hybridized carbons (Fsp3) is 0.111. The first-order chi connectivity index (χ1) is 6.54. The topological polar surface area (TPSA) is 80.4 Å². The van der Waals surface area contributed by atoms with Gasteiger partial charge in [0.15, 0.2) is 5.92 Å². The van der Waals surface area contributed by atoms with Crippen molar-refractivity contribution in [2.45, 2.75) is 5.92 Å². The summed E-state index contributed by atoms with van der Waals surface area (Å²) in [4.78, 5) is 21.4. The summed E-state index contributed by atoms with van der Waals surface area (Å²) in [5, 5.41) is 8.65. The maximum Gasteiger partial charge on any atom is 0.320 e. The van der Waals surface area contributed by atoms with E-state index in [0.29, 0.717) is 0 Å². The van der Waals surface area contributed by atoms with Crippen LogP contribution >= 0.6 is 0 Å². The Morgan fingerprint density at radius 1 is 1.36 bits per heavy atom. The minimum absolute atomic E-state index is 0.215. The van der Waals surface area contributed by atoms with Gasteiger partial charge in [0.05, 0.1) is 0 Å². The predicted molar refractivity (Wildman–Crippen MR) is 46.0 cm³/mol. The van der Waals surface area contributed by atoms with E-state index in [4.69, 9.17) is 10.8 Å². The van der Waals surface area contributed by atoms with Gasteiger partial charge in [0.1, 0.15) is 5.82 Å². The highest BCUT2D eigenvalue weighted by Crippen LogP contribution is 2.18. The van der Waals surface area contributed by atoms with Crippen LogP contribution in [0.1, 0.15) is 11.5 Å². The molecule has 14 heavy (non-hydrogen) atoms. The second-order valence-electron chi connectivity index (χ2n) is 2.70. The number of carboxylic acids is 1. The van der Waals surface area contributed by atoms with Gasteiger partial charge in [0.2, 0.25) is 5.91 Å². The van der Waals surface area contributed by atoms with Gasteiger partial charge >= 0.3 is 5.97 Å². The molecule has 1 atom stereocenters. The Morgan fingerprint density at radius 3 is 2.36 bits per heavy atom. The summed E-state index contributed by atoms with van der Waals surface area (Å²) >= 11 is 0. The first-order valence-corrected chi connectivity index (χ1v) is 3.80. The van der Waals surface area contributed by atoms with E-state index in [-0.39, 0.29) is 5.56 Å². The quantitative estimate of drug-likeness (QED) is 0.691. The largest absolute Gasteiger partial charge is 0.480 e. The van der Waals surface area contributed by atoms with Gasteiger partial charge in [-0.15, -0.1) is 0 Å². The zero-order valence-corrected chi connectivity index (χ0v) is 7.11. The summed E-state index contributed by atoms with van der Waals surface area (Å²) in [6.07, 6.45) is 0. The Bertz CT molecular complexity index is 364. The molecule has 3 N–H and O–H groups in total. The van der Waals surface area contributed by atoms with Crippen LogP contribution in [-0.2, 0) is 9.59 Å². The average molecular weight is 197 g/mol. The lowest BCUT2D eigenvalue weighted by Gasteiger charge is -2.08. The van der Waals surface area contributed by atoms with E-state index in [1.54, 1.807) is 0 Å². The molecule has 1 aromatic rings. The molecule has 0 bridgehead atoms. The molecule has 0 fully saturated rings. The summed E-state index contributed by atoms with van der Waals surface area (Å²) in [6.45, 7) is 0. The van der Waals surface area contributed by atoms with E-state index in [0.717, 1.165) is 6.07 Å². The molecule has 0 saturated heterocycles. The van der Waals surface area contributed by atoms with E-state index in [1.807, 2.05) is 0 Å². The molecule has 0 spiro atoms. The zero-order valence-electron chi connectivity index (χ0n) is 7.11. The summed E-state index contributed by atoms with van der Waals surface area (Å²) in [5.41, 5.74) is 4.64. The van der Waals surface area contributed by atoms with Crippen LogP contribution in [0.25, 0.3) is 0 Å². The summed E-state index contributed by atoms with van der Waals surface area (Å²) in [5.74, 6) is -4.92. The minimum atomic E-state index is -1.63. The normalized spacial score (nSPS) is 12.1.